The molecule has 138 valence electrons. The maximum atomic E-state index is 12.3. The van der Waals surface area contributed by atoms with Crippen molar-refractivity contribution in [3.8, 4) is 11.5 Å². The lowest BCUT2D eigenvalue weighted by Crippen LogP contribution is -2.26. The Hall–Kier alpha value is -1.51. The van der Waals surface area contributed by atoms with Gasteiger partial charge in [-0.3, -0.25) is 4.79 Å². The molecule has 7 nitrogen and oxygen atoms in total. The zero-order valence-electron chi connectivity index (χ0n) is 13.9. The van der Waals surface area contributed by atoms with Gasteiger partial charge in [0.05, 0.1) is 24.9 Å². The van der Waals surface area contributed by atoms with Crippen molar-refractivity contribution in [2.45, 2.75) is 24.2 Å². The van der Waals surface area contributed by atoms with E-state index in [1.807, 2.05) is 0 Å². The molecular formula is C15H25ClN2O5S. The highest BCUT2D eigenvalue weighted by Crippen LogP contribution is 2.29. The molecule has 0 aliphatic rings. The summed E-state index contributed by atoms with van der Waals surface area (Å²) in [5, 5.41) is 2.68. The minimum Gasteiger partial charge on any atom is -0.493 e. The van der Waals surface area contributed by atoms with Crippen molar-refractivity contribution in [1.82, 2.24) is 5.32 Å². The summed E-state index contributed by atoms with van der Waals surface area (Å²) < 4.78 is 34.7. The number of amides is 1. The summed E-state index contributed by atoms with van der Waals surface area (Å²) in [6.45, 7) is 1.08. The van der Waals surface area contributed by atoms with E-state index < -0.39 is 9.84 Å². The van der Waals surface area contributed by atoms with E-state index in [1.165, 1.54) is 32.4 Å². The Morgan fingerprint density at radius 3 is 2.42 bits per heavy atom. The number of carbonyl (C=O) groups is 1. The Labute approximate surface area is 149 Å². The van der Waals surface area contributed by atoms with Gasteiger partial charge in [0, 0.05) is 19.0 Å². The maximum absolute atomic E-state index is 12.3. The van der Waals surface area contributed by atoms with E-state index in [0.29, 0.717) is 24.6 Å². The zero-order valence-corrected chi connectivity index (χ0v) is 15.5. The van der Waals surface area contributed by atoms with Crippen molar-refractivity contribution in [2.75, 3.05) is 33.1 Å². The number of nitrogens with two attached hydrogens (primary N) is 1. The lowest BCUT2D eigenvalue weighted by molar-refractivity contribution is -0.120. The van der Waals surface area contributed by atoms with Crippen LogP contribution in [0.5, 0.6) is 11.5 Å². The van der Waals surface area contributed by atoms with Gasteiger partial charge in [-0.05, 0) is 31.5 Å². The lowest BCUT2D eigenvalue weighted by Gasteiger charge is -2.10. The summed E-state index contributed by atoms with van der Waals surface area (Å²) in [7, 11) is -0.658. The van der Waals surface area contributed by atoms with Gasteiger partial charge < -0.3 is 20.5 Å². The lowest BCUT2D eigenvalue weighted by atomic mass is 10.3. The van der Waals surface area contributed by atoms with Crippen LogP contribution in [0.1, 0.15) is 19.3 Å². The first-order chi connectivity index (χ1) is 10.9. The molecule has 0 saturated heterocycles. The van der Waals surface area contributed by atoms with Gasteiger partial charge in [-0.15, -0.1) is 12.4 Å². The Morgan fingerprint density at radius 2 is 1.83 bits per heavy atom. The van der Waals surface area contributed by atoms with Crippen LogP contribution >= 0.6 is 12.4 Å². The first-order valence-corrected chi connectivity index (χ1v) is 9.01. The van der Waals surface area contributed by atoms with Crippen molar-refractivity contribution < 1.29 is 22.7 Å². The quantitative estimate of drug-likeness (QED) is 0.589. The van der Waals surface area contributed by atoms with Crippen LogP contribution in [0.2, 0.25) is 0 Å². The van der Waals surface area contributed by atoms with Crippen molar-refractivity contribution in [2.24, 2.45) is 5.73 Å². The number of nitrogens with one attached hydrogen (secondary N) is 1. The fourth-order valence-electron chi connectivity index (χ4n) is 1.94. The highest BCUT2D eigenvalue weighted by atomic mass is 35.5. The first kappa shape index (κ1) is 22.5. The number of methoxy groups -OCH3 is 2. The third-order valence-electron chi connectivity index (χ3n) is 3.27. The standard InChI is InChI=1S/C15H24N2O5S.ClH/c1-21-13-6-5-12(11-14(13)22-2)23(19,20)10-7-15(18)17-9-4-3-8-16;/h5-6,11H,3-4,7-10,16H2,1-2H3,(H,17,18);1H. The molecule has 0 fully saturated rings. The van der Waals surface area contributed by atoms with Gasteiger partial charge in [-0.25, -0.2) is 8.42 Å². The number of halogens is 1. The van der Waals surface area contributed by atoms with Gasteiger partial charge >= 0.3 is 0 Å². The molecule has 0 aliphatic heterocycles. The molecule has 0 atom stereocenters. The minimum absolute atomic E-state index is 0. The number of unbranched alkanes of at least 4 members (excludes halogenated alkanes) is 1. The van der Waals surface area contributed by atoms with Crippen molar-refractivity contribution in [1.29, 1.82) is 0 Å². The van der Waals surface area contributed by atoms with Gasteiger partial charge in [0.1, 0.15) is 0 Å². The van der Waals surface area contributed by atoms with Gasteiger partial charge in [0.25, 0.3) is 0 Å². The molecule has 0 heterocycles. The molecule has 1 aromatic carbocycles. The molecule has 3 N–H and O–H groups in total. The predicted octanol–water partition coefficient (Wildman–Crippen LogP) is 1.14. The molecule has 0 unspecified atom stereocenters. The van der Waals surface area contributed by atoms with E-state index >= 15 is 0 Å². The van der Waals surface area contributed by atoms with Crippen LogP contribution in [0.4, 0.5) is 0 Å². The Morgan fingerprint density at radius 1 is 1.17 bits per heavy atom. The number of sulfone groups is 1. The Bertz CT molecular complexity index is 622. The molecular weight excluding hydrogens is 356 g/mol. The highest BCUT2D eigenvalue weighted by Gasteiger charge is 2.18. The molecule has 0 spiro atoms. The molecule has 1 rings (SSSR count). The molecule has 24 heavy (non-hydrogen) atoms. The van der Waals surface area contributed by atoms with Crippen LogP contribution in [-0.4, -0.2) is 47.4 Å². The van der Waals surface area contributed by atoms with Crippen LogP contribution in [-0.2, 0) is 14.6 Å². The van der Waals surface area contributed by atoms with Gasteiger partial charge in [-0.1, -0.05) is 0 Å². The van der Waals surface area contributed by atoms with Gasteiger partial charge in [-0.2, -0.15) is 0 Å². The largest absolute Gasteiger partial charge is 0.493 e. The second-order valence-corrected chi connectivity index (χ2v) is 7.04. The van der Waals surface area contributed by atoms with Crippen molar-refractivity contribution in [3.63, 3.8) is 0 Å². The molecule has 1 aromatic rings. The second kappa shape index (κ2) is 11.1. The van der Waals surface area contributed by atoms with Crippen molar-refractivity contribution >= 4 is 28.2 Å². The maximum Gasteiger partial charge on any atom is 0.221 e. The fourth-order valence-corrected chi connectivity index (χ4v) is 3.19. The van der Waals surface area contributed by atoms with E-state index in [1.54, 1.807) is 0 Å². The van der Waals surface area contributed by atoms with Gasteiger partial charge in [0.2, 0.25) is 5.91 Å². The molecule has 9 heteroatoms. The normalized spacial score (nSPS) is 10.6. The minimum atomic E-state index is -3.56. The second-order valence-electron chi connectivity index (χ2n) is 4.93. The molecule has 1 amide bonds. The number of hydrogen-bond donors (Lipinski definition) is 2. The predicted molar refractivity (Wildman–Crippen MR) is 94.8 cm³/mol. The zero-order chi connectivity index (χ0) is 17.3. The number of rotatable bonds is 10. The molecule has 0 radical (unpaired) electrons. The number of benzene rings is 1. The van der Waals surface area contributed by atoms with E-state index in [9.17, 15) is 13.2 Å². The summed E-state index contributed by atoms with van der Waals surface area (Å²) in [5.41, 5.74) is 5.36. The molecule has 0 saturated carbocycles. The highest BCUT2D eigenvalue weighted by molar-refractivity contribution is 7.91. The average Bonchev–Trinajstić information content (AvgIpc) is 2.56. The fraction of sp³-hybridized carbons (Fsp3) is 0.533. The summed E-state index contributed by atoms with van der Waals surface area (Å²) in [6, 6.07) is 4.36. The third-order valence-corrected chi connectivity index (χ3v) is 4.98. The first-order valence-electron chi connectivity index (χ1n) is 7.36. The van der Waals surface area contributed by atoms with Crippen LogP contribution < -0.4 is 20.5 Å². The summed E-state index contributed by atoms with van der Waals surface area (Å²) in [6.07, 6.45) is 1.52. The van der Waals surface area contributed by atoms with Crippen molar-refractivity contribution in [3.05, 3.63) is 18.2 Å². The average molecular weight is 381 g/mol. The number of hydrogen-bond acceptors (Lipinski definition) is 6. The number of carbonyl (C=O) groups excluding carboxylic acids is 1. The molecule has 0 bridgehead atoms. The molecule has 0 aromatic heterocycles. The Kier molecular flexibility index (Phi) is 10.4. The number of ether oxygens (including phenoxy) is 2. The van der Waals surface area contributed by atoms with Crippen LogP contribution in [0.15, 0.2) is 23.1 Å². The van der Waals surface area contributed by atoms with Crippen LogP contribution in [0, 0.1) is 0 Å². The topological polar surface area (TPSA) is 108 Å². The van der Waals surface area contributed by atoms with E-state index in [-0.39, 0.29) is 35.4 Å². The van der Waals surface area contributed by atoms with E-state index in [0.717, 1.165) is 12.8 Å². The van der Waals surface area contributed by atoms with Crippen LogP contribution in [0.25, 0.3) is 0 Å². The molecule has 0 aliphatic carbocycles. The van der Waals surface area contributed by atoms with Crippen LogP contribution in [0.3, 0.4) is 0 Å². The van der Waals surface area contributed by atoms with E-state index in [2.05, 4.69) is 5.32 Å². The third kappa shape index (κ3) is 6.94. The SMILES string of the molecule is COc1ccc(S(=O)(=O)CCC(=O)NCCCCN)cc1OC.Cl. The summed E-state index contributed by atoms with van der Waals surface area (Å²) >= 11 is 0. The Balaban J connectivity index is 0.00000529. The van der Waals surface area contributed by atoms with Gasteiger partial charge in [0.15, 0.2) is 21.3 Å². The smallest absolute Gasteiger partial charge is 0.221 e. The summed E-state index contributed by atoms with van der Waals surface area (Å²) in [4.78, 5) is 11.8. The summed E-state index contributed by atoms with van der Waals surface area (Å²) in [5.74, 6) is 0.237. The monoisotopic (exact) mass is 380 g/mol. The van der Waals surface area contributed by atoms with E-state index in [4.69, 9.17) is 15.2 Å².